The third-order valence-corrected chi connectivity index (χ3v) is 4.21. The van der Waals surface area contributed by atoms with Gasteiger partial charge in [0.05, 0.1) is 12.7 Å². The number of amidine groups is 1. The summed E-state index contributed by atoms with van der Waals surface area (Å²) in [5.41, 5.74) is 1.34. The molecule has 5 nitrogen and oxygen atoms in total. The molecule has 0 radical (unpaired) electrons. The van der Waals surface area contributed by atoms with Gasteiger partial charge in [-0.15, -0.1) is 9.24 Å². The summed E-state index contributed by atoms with van der Waals surface area (Å²) in [6, 6.07) is 13.4. The first-order valence-electron chi connectivity index (χ1n) is 8.93. The molecule has 0 spiro atoms. The van der Waals surface area contributed by atoms with E-state index in [4.69, 9.17) is 9.47 Å². The van der Waals surface area contributed by atoms with Crippen LogP contribution in [-0.2, 0) is 20.9 Å². The van der Waals surface area contributed by atoms with Crippen molar-refractivity contribution >= 4 is 26.5 Å². The highest BCUT2D eigenvalue weighted by Crippen LogP contribution is 2.30. The number of methoxy groups -OCH3 is 1. The van der Waals surface area contributed by atoms with Crippen LogP contribution in [0, 0.1) is 5.82 Å². The second-order valence-corrected chi connectivity index (χ2v) is 6.29. The van der Waals surface area contributed by atoms with Crippen molar-refractivity contribution in [3.05, 3.63) is 77.2 Å². The van der Waals surface area contributed by atoms with E-state index >= 15 is 0 Å². The molecule has 1 aliphatic heterocycles. The zero-order chi connectivity index (χ0) is 20.5. The Morgan fingerprint density at radius 1 is 1.21 bits per heavy atom. The van der Waals surface area contributed by atoms with Gasteiger partial charge in [0.25, 0.3) is 6.02 Å². The molecule has 1 aliphatic rings. The Morgan fingerprint density at radius 2 is 1.93 bits per heavy atom. The van der Waals surface area contributed by atoms with Gasteiger partial charge in [-0.3, -0.25) is 0 Å². The molecule has 2 aromatic carbocycles. The first-order valence-corrected chi connectivity index (χ1v) is 9.50. The topological polar surface area (TPSA) is 59.9 Å². The lowest BCUT2D eigenvalue weighted by Crippen LogP contribution is -2.29. The molecule has 1 heterocycles. The molecule has 7 heteroatoms. The molecule has 3 rings (SSSR count). The Labute approximate surface area is 166 Å². The molecular formula is C21H24FN2O3P. The van der Waals surface area contributed by atoms with Crippen molar-refractivity contribution in [2.45, 2.75) is 26.5 Å². The van der Waals surface area contributed by atoms with Crippen LogP contribution in [0.5, 0.6) is 0 Å². The lowest BCUT2D eigenvalue weighted by molar-refractivity contribution is -0.140. The number of hydrogen-bond acceptors (Lipinski definition) is 5. The third-order valence-electron chi connectivity index (χ3n) is 3.85. The summed E-state index contributed by atoms with van der Waals surface area (Å²) in [7, 11) is 3.87. The van der Waals surface area contributed by atoms with E-state index in [1.165, 1.54) is 19.4 Å². The van der Waals surface area contributed by atoms with Crippen LogP contribution in [0.1, 0.15) is 31.0 Å². The minimum Gasteiger partial charge on any atom is -0.468 e. The Morgan fingerprint density at radius 3 is 2.57 bits per heavy atom. The maximum atomic E-state index is 14.4. The molecule has 148 valence electrons. The molecule has 28 heavy (non-hydrogen) atoms. The fraction of sp³-hybridized carbons (Fsp3) is 0.238. The molecule has 0 fully saturated rings. The van der Waals surface area contributed by atoms with Crippen LogP contribution in [0.4, 0.5) is 4.39 Å². The van der Waals surface area contributed by atoms with Crippen LogP contribution in [0.3, 0.4) is 0 Å². The molecule has 0 bridgehead atoms. The molecular weight excluding hydrogens is 378 g/mol. The van der Waals surface area contributed by atoms with Crippen molar-refractivity contribution in [1.82, 2.24) is 5.32 Å². The highest BCUT2D eigenvalue weighted by molar-refractivity contribution is 7.27. The van der Waals surface area contributed by atoms with Gasteiger partial charge in [-0.25, -0.2) is 14.2 Å². The monoisotopic (exact) mass is 402 g/mol. The lowest BCUT2D eigenvalue weighted by Gasteiger charge is -2.22. The van der Waals surface area contributed by atoms with Crippen molar-refractivity contribution in [1.29, 1.82) is 0 Å². The SMILES string of the molecule is CC.COC1=NC(c2ccc(P)cc2F)C(C(=O)OCc2ccccc2)=CN1. The van der Waals surface area contributed by atoms with E-state index in [1.807, 2.05) is 44.2 Å². The van der Waals surface area contributed by atoms with Crippen molar-refractivity contribution in [2.24, 2.45) is 4.99 Å². The predicted octanol–water partition coefficient (Wildman–Crippen LogP) is 3.63. The minimum absolute atomic E-state index is 0.123. The van der Waals surface area contributed by atoms with Crippen LogP contribution in [0.15, 0.2) is 65.3 Å². The number of benzene rings is 2. The van der Waals surface area contributed by atoms with Crippen molar-refractivity contribution in [2.75, 3.05) is 7.11 Å². The Balaban J connectivity index is 0.00000136. The highest BCUT2D eigenvalue weighted by Gasteiger charge is 2.29. The first-order chi connectivity index (χ1) is 13.6. The molecule has 0 saturated carbocycles. The number of ether oxygens (including phenoxy) is 2. The number of nitrogens with one attached hydrogen (secondary N) is 1. The van der Waals surface area contributed by atoms with Crippen LogP contribution < -0.4 is 10.6 Å². The first kappa shape index (κ1) is 21.6. The van der Waals surface area contributed by atoms with E-state index in [9.17, 15) is 9.18 Å². The van der Waals surface area contributed by atoms with Crippen LogP contribution in [0.25, 0.3) is 0 Å². The number of rotatable bonds is 4. The third kappa shape index (κ3) is 5.40. The number of nitrogens with zero attached hydrogens (tertiary/aromatic N) is 1. The summed E-state index contributed by atoms with van der Waals surface area (Å²) in [4.78, 5) is 16.8. The van der Waals surface area contributed by atoms with Gasteiger partial charge in [-0.2, -0.15) is 0 Å². The number of esters is 1. The number of hydrogen-bond donors (Lipinski definition) is 1. The maximum absolute atomic E-state index is 14.4. The van der Waals surface area contributed by atoms with Crippen LogP contribution >= 0.6 is 9.24 Å². The Kier molecular flexibility index (Phi) is 8.15. The average molecular weight is 402 g/mol. The zero-order valence-corrected chi connectivity index (χ0v) is 17.3. The van der Waals surface area contributed by atoms with Crippen molar-refractivity contribution in [3.63, 3.8) is 0 Å². The number of carbonyl (C=O) groups excluding carboxylic acids is 1. The largest absolute Gasteiger partial charge is 0.468 e. The molecule has 1 N–H and O–H groups in total. The second kappa shape index (κ2) is 10.6. The van der Waals surface area contributed by atoms with E-state index in [0.29, 0.717) is 5.30 Å². The zero-order valence-electron chi connectivity index (χ0n) is 16.1. The molecule has 0 aromatic heterocycles. The van der Waals surface area contributed by atoms with Crippen molar-refractivity contribution < 1.29 is 18.7 Å². The number of aliphatic imine (C=N–C) groups is 1. The normalized spacial score (nSPS) is 15.2. The molecule has 0 aliphatic carbocycles. The molecule has 0 amide bonds. The van der Waals surface area contributed by atoms with E-state index in [0.717, 1.165) is 5.56 Å². The van der Waals surface area contributed by atoms with Gasteiger partial charge in [-0.05, 0) is 16.9 Å². The summed E-state index contributed by atoms with van der Waals surface area (Å²) in [5.74, 6) is -1.02. The van der Waals surface area contributed by atoms with Crippen LogP contribution in [0.2, 0.25) is 0 Å². The van der Waals surface area contributed by atoms with Gasteiger partial charge in [-0.1, -0.05) is 56.3 Å². The second-order valence-electron chi connectivity index (χ2n) is 5.63. The van der Waals surface area contributed by atoms with Crippen molar-refractivity contribution in [3.8, 4) is 0 Å². The molecule has 0 saturated heterocycles. The summed E-state index contributed by atoms with van der Waals surface area (Å²) >= 11 is 0. The summed E-state index contributed by atoms with van der Waals surface area (Å²) in [5, 5.41) is 3.47. The fourth-order valence-electron chi connectivity index (χ4n) is 2.53. The maximum Gasteiger partial charge on any atom is 0.338 e. The summed E-state index contributed by atoms with van der Waals surface area (Å²) < 4.78 is 24.9. The Hall–Kier alpha value is -2.72. The van der Waals surface area contributed by atoms with Gasteiger partial charge in [0.2, 0.25) is 0 Å². The van der Waals surface area contributed by atoms with E-state index < -0.39 is 17.8 Å². The summed E-state index contributed by atoms with van der Waals surface area (Å²) in [6.45, 7) is 4.12. The number of carbonyl (C=O) groups is 1. The quantitative estimate of drug-likeness (QED) is 0.627. The molecule has 2 unspecified atom stereocenters. The van der Waals surface area contributed by atoms with E-state index in [-0.39, 0.29) is 23.8 Å². The Bertz CT molecular complexity index is 869. The molecule has 2 aromatic rings. The summed E-state index contributed by atoms with van der Waals surface area (Å²) in [6.07, 6.45) is 1.44. The van der Waals surface area contributed by atoms with Gasteiger partial charge in [0, 0.05) is 11.8 Å². The number of halogens is 1. The predicted molar refractivity (Wildman–Crippen MR) is 112 cm³/mol. The van der Waals surface area contributed by atoms with Gasteiger partial charge < -0.3 is 14.8 Å². The van der Waals surface area contributed by atoms with E-state index in [1.54, 1.807) is 12.1 Å². The minimum atomic E-state index is -0.847. The average Bonchev–Trinajstić information content (AvgIpc) is 2.74. The van der Waals surface area contributed by atoms with Crippen LogP contribution in [-0.4, -0.2) is 19.1 Å². The smallest absolute Gasteiger partial charge is 0.338 e. The fourth-order valence-corrected chi connectivity index (χ4v) is 2.78. The van der Waals surface area contributed by atoms with E-state index in [2.05, 4.69) is 19.5 Å². The van der Waals surface area contributed by atoms with Gasteiger partial charge >= 0.3 is 5.97 Å². The van der Waals surface area contributed by atoms with Gasteiger partial charge in [0.1, 0.15) is 18.5 Å². The van der Waals surface area contributed by atoms with Gasteiger partial charge in [0.15, 0.2) is 0 Å². The molecule has 2 atom stereocenters. The highest BCUT2D eigenvalue weighted by atomic mass is 31.0. The standard InChI is InChI=1S/C19H18FN2O3P.C2H6/c1-24-19-21-10-15(18(23)25-11-12-5-3-2-4-6-12)17(22-19)14-8-7-13(26)9-16(14)20;1-2/h2-10,17H,11,26H2,1H3,(H,21,22);1-2H3. The lowest BCUT2D eigenvalue weighted by atomic mass is 9.98.